The molecule has 0 bridgehead atoms. The van der Waals surface area contributed by atoms with Crippen LogP contribution in [0.3, 0.4) is 0 Å². The molecule has 9 heteroatoms. The molecule has 470 valence electrons. The molecule has 2 unspecified atom stereocenters. The minimum Gasteiger partial charge on any atom is -0.477 e. The van der Waals surface area contributed by atoms with E-state index in [1.807, 2.05) is 21.1 Å². The summed E-state index contributed by atoms with van der Waals surface area (Å²) in [5, 5.41) is 9.73. The minimum absolute atomic E-state index is 0.179. The second-order valence-corrected chi connectivity index (χ2v) is 23.4. The van der Waals surface area contributed by atoms with Crippen molar-refractivity contribution in [3.8, 4) is 0 Å². The summed E-state index contributed by atoms with van der Waals surface area (Å²) in [5.74, 6) is -2.03. The molecule has 1 N–H and O–H groups in total. The molecule has 82 heavy (non-hydrogen) atoms. The fourth-order valence-electron chi connectivity index (χ4n) is 9.18. The van der Waals surface area contributed by atoms with E-state index >= 15 is 0 Å². The first kappa shape index (κ1) is 78.0. The number of esters is 2. The Morgan fingerprint density at radius 3 is 1.04 bits per heavy atom. The quantitative estimate of drug-likeness (QED) is 0.0211. The van der Waals surface area contributed by atoms with E-state index in [4.69, 9.17) is 18.9 Å². The molecule has 0 saturated heterocycles. The SMILES string of the molecule is CC/C=C\C/C=C\C/C=C\C/C=C\C/C=C\C/C=C\C/C=C\C/C=C\C/C=C\CCCCCCCC(=O)OC(COC(=O)CCCCCCCCCCCCCCCCCCCCCCCCCC)COC(OCC[N+](C)(C)C)C(=O)O. The van der Waals surface area contributed by atoms with Crippen LogP contribution in [0.2, 0.25) is 0 Å². The third-order valence-electron chi connectivity index (χ3n) is 14.3. The molecule has 0 fully saturated rings. The summed E-state index contributed by atoms with van der Waals surface area (Å²) in [6, 6.07) is 0. The van der Waals surface area contributed by atoms with E-state index in [-0.39, 0.29) is 32.2 Å². The summed E-state index contributed by atoms with van der Waals surface area (Å²) in [7, 11) is 5.96. The van der Waals surface area contributed by atoms with Crippen molar-refractivity contribution in [2.45, 2.75) is 289 Å². The van der Waals surface area contributed by atoms with E-state index in [1.54, 1.807) is 0 Å². The third kappa shape index (κ3) is 63.5. The van der Waals surface area contributed by atoms with Gasteiger partial charge in [-0.05, 0) is 83.5 Å². The zero-order chi connectivity index (χ0) is 59.8. The lowest BCUT2D eigenvalue weighted by atomic mass is 10.0. The number of nitrogens with zero attached hydrogens (tertiary/aromatic N) is 1. The van der Waals surface area contributed by atoms with Crippen molar-refractivity contribution in [3.63, 3.8) is 0 Å². The second-order valence-electron chi connectivity index (χ2n) is 23.4. The van der Waals surface area contributed by atoms with Gasteiger partial charge in [0.05, 0.1) is 34.4 Å². The number of carbonyl (C=O) groups is 3. The molecule has 9 nitrogen and oxygen atoms in total. The van der Waals surface area contributed by atoms with Crippen LogP contribution in [0.4, 0.5) is 0 Å². The van der Waals surface area contributed by atoms with Gasteiger partial charge in [-0.3, -0.25) is 9.59 Å². The van der Waals surface area contributed by atoms with E-state index in [0.717, 1.165) is 109 Å². The minimum atomic E-state index is -1.52. The topological polar surface area (TPSA) is 108 Å². The molecular weight excluding hydrogens is 1020 g/mol. The van der Waals surface area contributed by atoms with Crippen molar-refractivity contribution in [2.24, 2.45) is 0 Å². The van der Waals surface area contributed by atoms with Crippen LogP contribution in [-0.4, -0.2) is 87.4 Å². The Hall–Kier alpha value is -4.05. The van der Waals surface area contributed by atoms with Gasteiger partial charge in [-0.15, -0.1) is 0 Å². The summed E-state index contributed by atoms with van der Waals surface area (Å²) in [5.41, 5.74) is 0. The number of aliphatic carboxylic acids is 1. The van der Waals surface area contributed by atoms with Crippen molar-refractivity contribution >= 4 is 17.9 Å². The zero-order valence-corrected chi connectivity index (χ0v) is 53.6. The molecule has 2 atom stereocenters. The van der Waals surface area contributed by atoms with Gasteiger partial charge in [0.1, 0.15) is 13.2 Å². The number of hydrogen-bond donors (Lipinski definition) is 1. The number of carboxylic acid groups (broad SMARTS) is 1. The first-order chi connectivity index (χ1) is 40.1. The maximum absolute atomic E-state index is 12.9. The molecule has 0 rings (SSSR count). The Bertz CT molecular complexity index is 1710. The Kier molecular flexibility index (Phi) is 59.9. The third-order valence-corrected chi connectivity index (χ3v) is 14.3. The van der Waals surface area contributed by atoms with Gasteiger partial charge in [-0.1, -0.05) is 290 Å². The standard InChI is InChI=1S/C73H125NO8/c1-6-8-10-12-14-16-18-20-22-24-26-28-30-32-33-34-35-36-37-38-39-40-42-44-46-48-50-52-54-56-58-60-62-64-71(76)82-69(68-81-73(72(77)78)79-66-65-74(3,4)5)67-80-70(75)63-61-59-57-55-53-51-49-47-45-43-41-31-29-27-25-23-21-19-17-15-13-11-9-7-2/h8,10,14,16,20,22,26,28,32-33,35-36,38-39,42,44,48,50,69,73H,6-7,9,11-13,15,17-19,21,23-25,27,29-31,34,37,40-41,43,45-47,49,51-68H2,1-5H3/p+1/b10-8-,16-14-,22-20-,28-26-,33-32-,36-35-,39-38-,44-42-,50-48-. The van der Waals surface area contributed by atoms with Crippen LogP contribution in [0.5, 0.6) is 0 Å². The Morgan fingerprint density at radius 2 is 0.695 bits per heavy atom. The zero-order valence-electron chi connectivity index (χ0n) is 53.6. The molecule has 0 spiro atoms. The maximum Gasteiger partial charge on any atom is 0.361 e. The van der Waals surface area contributed by atoms with Crippen LogP contribution < -0.4 is 0 Å². The summed E-state index contributed by atoms with van der Waals surface area (Å²) in [6.45, 7) is 4.76. The van der Waals surface area contributed by atoms with Crippen LogP contribution in [0.25, 0.3) is 0 Å². The fraction of sp³-hybridized carbons (Fsp3) is 0.712. The molecule has 0 amide bonds. The molecule has 0 aliphatic carbocycles. The van der Waals surface area contributed by atoms with Gasteiger partial charge in [0.25, 0.3) is 6.29 Å². The number of carbonyl (C=O) groups excluding carboxylic acids is 2. The fourth-order valence-corrected chi connectivity index (χ4v) is 9.18. The molecule has 0 aliphatic rings. The van der Waals surface area contributed by atoms with Crippen LogP contribution in [-0.2, 0) is 33.3 Å². The smallest absolute Gasteiger partial charge is 0.361 e. The molecule has 0 aromatic rings. The highest BCUT2D eigenvalue weighted by atomic mass is 16.7. The molecule has 0 saturated carbocycles. The van der Waals surface area contributed by atoms with Crippen molar-refractivity contribution in [1.29, 1.82) is 0 Å². The highest BCUT2D eigenvalue weighted by Crippen LogP contribution is 2.17. The van der Waals surface area contributed by atoms with Gasteiger partial charge < -0.3 is 28.5 Å². The molecule has 0 aliphatic heterocycles. The second kappa shape index (κ2) is 63.0. The van der Waals surface area contributed by atoms with Crippen LogP contribution in [0.15, 0.2) is 109 Å². The van der Waals surface area contributed by atoms with Crippen molar-refractivity contribution in [3.05, 3.63) is 109 Å². The number of rotatable bonds is 61. The average Bonchev–Trinajstić information content (AvgIpc) is 3.45. The molecule has 0 heterocycles. The largest absolute Gasteiger partial charge is 0.477 e. The summed E-state index contributed by atoms with van der Waals surface area (Å²) >= 11 is 0. The van der Waals surface area contributed by atoms with Crippen LogP contribution in [0.1, 0.15) is 277 Å². The number of likely N-dealkylation sites (N-methyl/N-ethyl adjacent to an activating group) is 1. The number of carboxylic acids is 1. The Labute approximate surface area is 505 Å². The number of unbranched alkanes of at least 4 members (excludes halogenated alkanes) is 28. The maximum atomic E-state index is 12.9. The molecular formula is C73H126NO8+. The van der Waals surface area contributed by atoms with Gasteiger partial charge >= 0.3 is 17.9 Å². The van der Waals surface area contributed by atoms with Gasteiger partial charge in [0.15, 0.2) is 6.10 Å². The van der Waals surface area contributed by atoms with Crippen molar-refractivity contribution in [2.75, 3.05) is 47.5 Å². The number of hydrogen-bond acceptors (Lipinski definition) is 7. The molecule has 0 radical (unpaired) electrons. The lowest BCUT2D eigenvalue weighted by Gasteiger charge is -2.25. The normalized spacial score (nSPS) is 13.4. The molecule has 0 aromatic carbocycles. The number of ether oxygens (including phenoxy) is 4. The van der Waals surface area contributed by atoms with Gasteiger partial charge in [-0.25, -0.2) is 4.79 Å². The van der Waals surface area contributed by atoms with E-state index in [2.05, 4.69) is 123 Å². The lowest BCUT2D eigenvalue weighted by molar-refractivity contribution is -0.870. The van der Waals surface area contributed by atoms with E-state index in [9.17, 15) is 19.5 Å². The molecule has 0 aromatic heterocycles. The van der Waals surface area contributed by atoms with Gasteiger partial charge in [0, 0.05) is 12.8 Å². The van der Waals surface area contributed by atoms with Crippen LogP contribution >= 0.6 is 0 Å². The first-order valence-electron chi connectivity index (χ1n) is 33.6. The predicted octanol–water partition coefficient (Wildman–Crippen LogP) is 20.6. The average molecular weight is 1150 g/mol. The summed E-state index contributed by atoms with van der Waals surface area (Å²) in [4.78, 5) is 37.6. The highest BCUT2D eigenvalue weighted by molar-refractivity contribution is 5.71. The monoisotopic (exact) mass is 1140 g/mol. The van der Waals surface area contributed by atoms with E-state index < -0.39 is 24.3 Å². The van der Waals surface area contributed by atoms with Crippen molar-refractivity contribution in [1.82, 2.24) is 0 Å². The predicted molar refractivity (Wildman–Crippen MR) is 350 cm³/mol. The van der Waals surface area contributed by atoms with Gasteiger partial charge in [0.2, 0.25) is 0 Å². The van der Waals surface area contributed by atoms with E-state index in [1.165, 1.54) is 135 Å². The van der Waals surface area contributed by atoms with E-state index in [0.29, 0.717) is 23.9 Å². The number of allylic oxidation sites excluding steroid dienone is 18. The number of quaternary nitrogens is 1. The first-order valence-corrected chi connectivity index (χ1v) is 33.6. The summed E-state index contributed by atoms with van der Waals surface area (Å²) < 4.78 is 22.9. The highest BCUT2D eigenvalue weighted by Gasteiger charge is 2.25. The van der Waals surface area contributed by atoms with Crippen LogP contribution in [0, 0.1) is 0 Å². The van der Waals surface area contributed by atoms with Gasteiger partial charge in [-0.2, -0.15) is 0 Å². The Morgan fingerprint density at radius 1 is 0.378 bits per heavy atom. The van der Waals surface area contributed by atoms with Crippen molar-refractivity contribution < 1.29 is 42.9 Å². The lowest BCUT2D eigenvalue weighted by Crippen LogP contribution is -2.40. The Balaban J connectivity index is 4.23. The summed E-state index contributed by atoms with van der Waals surface area (Å²) in [6.07, 6.45) is 84.7.